The van der Waals surface area contributed by atoms with Crippen molar-refractivity contribution in [1.29, 1.82) is 0 Å². The highest BCUT2D eigenvalue weighted by Gasteiger charge is 2.37. The van der Waals surface area contributed by atoms with Gasteiger partial charge in [-0.1, -0.05) is 12.5 Å². The topological polar surface area (TPSA) is 52.9 Å². The zero-order valence-electron chi connectivity index (χ0n) is 12.0. The largest absolute Gasteiger partial charge is 0.504 e. The predicted molar refractivity (Wildman–Crippen MR) is 77.0 cm³/mol. The number of rotatable bonds is 2. The van der Waals surface area contributed by atoms with Crippen LogP contribution in [-0.2, 0) is 0 Å². The van der Waals surface area contributed by atoms with E-state index in [1.807, 2.05) is 12.1 Å². The molecule has 20 heavy (non-hydrogen) atoms. The Morgan fingerprint density at radius 2 is 2.10 bits per heavy atom. The van der Waals surface area contributed by atoms with Crippen LogP contribution >= 0.6 is 0 Å². The summed E-state index contributed by atoms with van der Waals surface area (Å²) in [6.07, 6.45) is 5.07. The molecule has 2 saturated heterocycles. The summed E-state index contributed by atoms with van der Waals surface area (Å²) < 4.78 is 5.10. The van der Waals surface area contributed by atoms with Gasteiger partial charge in [-0.15, -0.1) is 0 Å². The Balaban J connectivity index is 1.88. The molecule has 4 heteroatoms. The van der Waals surface area contributed by atoms with Gasteiger partial charge in [0, 0.05) is 12.1 Å². The minimum Gasteiger partial charge on any atom is -0.504 e. The van der Waals surface area contributed by atoms with E-state index in [0.717, 1.165) is 24.9 Å². The average Bonchev–Trinajstić information content (AvgIpc) is 2.46. The first-order valence-corrected chi connectivity index (χ1v) is 7.49. The van der Waals surface area contributed by atoms with E-state index >= 15 is 0 Å². The Morgan fingerprint density at radius 1 is 1.25 bits per heavy atom. The number of piperidine rings is 2. The zero-order valence-corrected chi connectivity index (χ0v) is 12.0. The molecule has 1 unspecified atom stereocenters. The summed E-state index contributed by atoms with van der Waals surface area (Å²) in [5.41, 5.74) is 1.08. The summed E-state index contributed by atoms with van der Waals surface area (Å²) >= 11 is 0. The van der Waals surface area contributed by atoms with E-state index < -0.39 is 0 Å². The van der Waals surface area contributed by atoms with E-state index in [4.69, 9.17) is 4.74 Å². The molecule has 0 radical (unpaired) electrons. The molecule has 3 rings (SSSR count). The number of aromatic hydroxyl groups is 1. The standard InChI is InChI=1S/C16H23NO3/c1-20-16-6-5-11(8-15(16)19)14-10-13(18)9-12-4-2-3-7-17(12)14/h5-6,8,12-14,18-19H,2-4,7,9-10H2,1H3/t12?,13-,14-/m0/s1. The maximum absolute atomic E-state index is 10.1. The van der Waals surface area contributed by atoms with Crippen LogP contribution in [0.3, 0.4) is 0 Å². The Hall–Kier alpha value is -1.26. The van der Waals surface area contributed by atoms with E-state index in [1.54, 1.807) is 13.2 Å². The molecule has 2 fully saturated rings. The third-order valence-electron chi connectivity index (χ3n) is 4.70. The van der Waals surface area contributed by atoms with Gasteiger partial charge in [-0.3, -0.25) is 4.90 Å². The van der Waals surface area contributed by atoms with Crippen LogP contribution in [0.2, 0.25) is 0 Å². The van der Waals surface area contributed by atoms with Crippen LogP contribution in [0.15, 0.2) is 18.2 Å². The van der Waals surface area contributed by atoms with Crippen LogP contribution in [0.25, 0.3) is 0 Å². The molecule has 2 aliphatic rings. The number of methoxy groups -OCH3 is 1. The monoisotopic (exact) mass is 277 g/mol. The zero-order chi connectivity index (χ0) is 14.1. The Morgan fingerprint density at radius 3 is 2.85 bits per heavy atom. The van der Waals surface area contributed by atoms with Gasteiger partial charge in [-0.05, 0) is 49.9 Å². The van der Waals surface area contributed by atoms with Gasteiger partial charge >= 0.3 is 0 Å². The van der Waals surface area contributed by atoms with E-state index in [1.165, 1.54) is 19.3 Å². The van der Waals surface area contributed by atoms with Crippen LogP contribution in [-0.4, -0.2) is 40.9 Å². The summed E-state index contributed by atoms with van der Waals surface area (Å²) in [6, 6.07) is 6.30. The van der Waals surface area contributed by atoms with Gasteiger partial charge in [-0.2, -0.15) is 0 Å². The predicted octanol–water partition coefficient (Wildman–Crippen LogP) is 2.45. The van der Waals surface area contributed by atoms with Gasteiger partial charge in [0.15, 0.2) is 11.5 Å². The summed E-state index contributed by atoms with van der Waals surface area (Å²) in [4.78, 5) is 2.51. The average molecular weight is 277 g/mol. The number of hydrogen-bond acceptors (Lipinski definition) is 4. The van der Waals surface area contributed by atoms with Crippen molar-refractivity contribution in [1.82, 2.24) is 4.90 Å². The molecule has 110 valence electrons. The van der Waals surface area contributed by atoms with Crippen molar-refractivity contribution in [3.05, 3.63) is 23.8 Å². The van der Waals surface area contributed by atoms with Crippen LogP contribution in [0.1, 0.15) is 43.7 Å². The Kier molecular flexibility index (Phi) is 3.85. The number of hydrogen-bond donors (Lipinski definition) is 2. The minimum atomic E-state index is -0.233. The smallest absolute Gasteiger partial charge is 0.160 e. The van der Waals surface area contributed by atoms with Gasteiger partial charge < -0.3 is 14.9 Å². The van der Waals surface area contributed by atoms with Gasteiger partial charge in [0.1, 0.15) is 0 Å². The van der Waals surface area contributed by atoms with Crippen molar-refractivity contribution in [3.63, 3.8) is 0 Å². The first-order chi connectivity index (χ1) is 9.69. The number of benzene rings is 1. The molecule has 1 aromatic rings. The molecule has 0 amide bonds. The lowest BCUT2D eigenvalue weighted by atomic mass is 9.84. The van der Waals surface area contributed by atoms with Crippen molar-refractivity contribution in [3.8, 4) is 11.5 Å². The lowest BCUT2D eigenvalue weighted by Gasteiger charge is -2.47. The summed E-state index contributed by atoms with van der Waals surface area (Å²) in [5.74, 6) is 0.680. The summed E-state index contributed by atoms with van der Waals surface area (Å²) in [6.45, 7) is 1.09. The van der Waals surface area contributed by atoms with Gasteiger partial charge in [0.05, 0.1) is 13.2 Å². The normalized spacial score (nSPS) is 30.8. The molecule has 3 atom stereocenters. The van der Waals surface area contributed by atoms with Crippen molar-refractivity contribution in [2.45, 2.75) is 50.3 Å². The van der Waals surface area contributed by atoms with Gasteiger partial charge in [0.25, 0.3) is 0 Å². The second kappa shape index (κ2) is 5.62. The third-order valence-corrected chi connectivity index (χ3v) is 4.70. The number of nitrogens with zero attached hydrogens (tertiary/aromatic N) is 1. The van der Waals surface area contributed by atoms with E-state index in [0.29, 0.717) is 11.8 Å². The quantitative estimate of drug-likeness (QED) is 0.872. The highest BCUT2D eigenvalue weighted by molar-refractivity contribution is 5.42. The summed E-state index contributed by atoms with van der Waals surface area (Å²) in [5, 5.41) is 20.1. The fourth-order valence-corrected chi connectivity index (χ4v) is 3.73. The first-order valence-electron chi connectivity index (χ1n) is 7.49. The van der Waals surface area contributed by atoms with Crippen molar-refractivity contribution in [2.75, 3.05) is 13.7 Å². The highest BCUT2D eigenvalue weighted by atomic mass is 16.5. The number of aliphatic hydroxyl groups excluding tert-OH is 1. The van der Waals surface area contributed by atoms with Gasteiger partial charge in [-0.25, -0.2) is 0 Å². The van der Waals surface area contributed by atoms with Crippen molar-refractivity contribution >= 4 is 0 Å². The van der Waals surface area contributed by atoms with Crippen LogP contribution in [0.4, 0.5) is 0 Å². The van der Waals surface area contributed by atoms with Crippen LogP contribution < -0.4 is 4.74 Å². The van der Waals surface area contributed by atoms with E-state index in [2.05, 4.69) is 4.90 Å². The van der Waals surface area contributed by atoms with Crippen molar-refractivity contribution < 1.29 is 14.9 Å². The molecule has 0 bridgehead atoms. The van der Waals surface area contributed by atoms with Crippen LogP contribution in [0, 0.1) is 0 Å². The fourth-order valence-electron chi connectivity index (χ4n) is 3.73. The molecule has 4 nitrogen and oxygen atoms in total. The fraction of sp³-hybridized carbons (Fsp3) is 0.625. The second-order valence-electron chi connectivity index (χ2n) is 5.96. The maximum Gasteiger partial charge on any atom is 0.160 e. The lowest BCUT2D eigenvalue weighted by molar-refractivity contribution is -0.0180. The number of phenols is 1. The molecule has 0 aliphatic carbocycles. The molecule has 2 N–H and O–H groups in total. The molecule has 0 saturated carbocycles. The molecule has 0 spiro atoms. The highest BCUT2D eigenvalue weighted by Crippen LogP contribution is 2.40. The molecule has 2 heterocycles. The summed E-state index contributed by atoms with van der Waals surface area (Å²) in [7, 11) is 1.56. The Labute approximate surface area is 120 Å². The van der Waals surface area contributed by atoms with E-state index in [-0.39, 0.29) is 17.9 Å². The number of phenolic OH excluding ortho intramolecular Hbond substituents is 1. The molecule has 0 aromatic heterocycles. The lowest BCUT2D eigenvalue weighted by Crippen LogP contribution is -2.48. The molecular formula is C16H23NO3. The number of ether oxygens (including phenoxy) is 1. The van der Waals surface area contributed by atoms with E-state index in [9.17, 15) is 10.2 Å². The van der Waals surface area contributed by atoms with Gasteiger partial charge in [0.2, 0.25) is 0 Å². The first kappa shape index (κ1) is 13.7. The third kappa shape index (κ3) is 2.50. The second-order valence-corrected chi connectivity index (χ2v) is 5.96. The Bertz CT molecular complexity index is 477. The minimum absolute atomic E-state index is 0.179. The van der Waals surface area contributed by atoms with Crippen molar-refractivity contribution in [2.24, 2.45) is 0 Å². The maximum atomic E-state index is 10.1. The molecule has 2 aliphatic heterocycles. The number of fused-ring (bicyclic) bond motifs is 1. The number of aliphatic hydroxyl groups is 1. The molecular weight excluding hydrogens is 254 g/mol. The molecule has 1 aromatic carbocycles. The van der Waals surface area contributed by atoms with Crippen LogP contribution in [0.5, 0.6) is 11.5 Å². The SMILES string of the molecule is COc1ccc([C@@H]2C[C@@H](O)CC3CCCCN32)cc1O.